The number of benzene rings is 2. The average Bonchev–Trinajstić information content (AvgIpc) is 2.34. The summed E-state index contributed by atoms with van der Waals surface area (Å²) in [7, 11) is 0. The van der Waals surface area contributed by atoms with Gasteiger partial charge >= 0.3 is 0 Å². The molecule has 0 heterocycles. The molecule has 0 unspecified atom stereocenters. The van der Waals surface area contributed by atoms with Crippen LogP contribution in [-0.4, -0.2) is 5.11 Å². The Bertz CT molecular complexity index is 566. The molecule has 0 aromatic heterocycles. The number of rotatable bonds is 2. The van der Waals surface area contributed by atoms with Crippen molar-refractivity contribution >= 4 is 0 Å². The molecular weight excluding hydrogens is 236 g/mol. The van der Waals surface area contributed by atoms with Crippen LogP contribution in [-0.2, 0) is 5.41 Å². The first kappa shape index (κ1) is 13.5. The van der Waals surface area contributed by atoms with Crippen molar-refractivity contribution in [2.75, 3.05) is 0 Å². The molecule has 0 bridgehead atoms. The molecule has 0 radical (unpaired) electrons. The van der Waals surface area contributed by atoms with Crippen molar-refractivity contribution in [3.63, 3.8) is 0 Å². The summed E-state index contributed by atoms with van der Waals surface area (Å²) in [4.78, 5) is 0. The molecular formula is C17H20O2. The lowest BCUT2D eigenvalue weighted by Crippen LogP contribution is -2.13. The lowest BCUT2D eigenvalue weighted by Gasteiger charge is -2.23. The molecule has 0 aliphatic heterocycles. The molecule has 2 aromatic rings. The van der Waals surface area contributed by atoms with Crippen molar-refractivity contribution < 1.29 is 9.84 Å². The number of hydrogen-bond acceptors (Lipinski definition) is 2. The van der Waals surface area contributed by atoms with Crippen LogP contribution >= 0.6 is 0 Å². The maximum atomic E-state index is 10.0. The van der Waals surface area contributed by atoms with Crippen molar-refractivity contribution in [3.05, 3.63) is 53.6 Å². The number of hydrogen-bond donors (Lipinski definition) is 1. The van der Waals surface area contributed by atoms with Crippen LogP contribution in [0.4, 0.5) is 0 Å². The first-order chi connectivity index (χ1) is 8.89. The van der Waals surface area contributed by atoms with Crippen LogP contribution in [0.1, 0.15) is 31.9 Å². The summed E-state index contributed by atoms with van der Waals surface area (Å²) in [5.74, 6) is 1.44. The number of phenolic OH excluding ortho intramolecular Hbond substituents is 1. The van der Waals surface area contributed by atoms with Crippen LogP contribution in [0.25, 0.3) is 0 Å². The molecule has 0 saturated heterocycles. The highest BCUT2D eigenvalue weighted by Crippen LogP contribution is 2.39. The summed E-state index contributed by atoms with van der Waals surface area (Å²) in [5, 5.41) is 10.0. The summed E-state index contributed by atoms with van der Waals surface area (Å²) in [5.41, 5.74) is 2.18. The first-order valence-corrected chi connectivity index (χ1v) is 6.45. The molecule has 0 aliphatic rings. The Morgan fingerprint density at radius 1 is 0.947 bits per heavy atom. The number of ether oxygens (including phenoxy) is 1. The normalized spacial score (nSPS) is 11.4. The Kier molecular flexibility index (Phi) is 3.52. The van der Waals surface area contributed by atoms with Gasteiger partial charge in [0, 0.05) is 0 Å². The van der Waals surface area contributed by atoms with Gasteiger partial charge in [-0.25, -0.2) is 0 Å². The lowest BCUT2D eigenvalue weighted by atomic mass is 9.84. The van der Waals surface area contributed by atoms with E-state index >= 15 is 0 Å². The Balaban J connectivity index is 2.46. The molecule has 0 saturated carbocycles. The summed E-state index contributed by atoms with van der Waals surface area (Å²) in [6.45, 7) is 8.44. The second kappa shape index (κ2) is 4.96. The second-order valence-corrected chi connectivity index (χ2v) is 5.75. The summed E-state index contributed by atoms with van der Waals surface area (Å²) in [6, 6.07) is 13.2. The molecule has 2 rings (SSSR count). The third-order valence-electron chi connectivity index (χ3n) is 3.16. The monoisotopic (exact) mass is 256 g/mol. The maximum absolute atomic E-state index is 10.0. The molecule has 0 atom stereocenters. The van der Waals surface area contributed by atoms with E-state index in [0.717, 1.165) is 11.3 Å². The molecule has 19 heavy (non-hydrogen) atoms. The van der Waals surface area contributed by atoms with Gasteiger partial charge < -0.3 is 9.84 Å². The number of para-hydroxylation sites is 1. The minimum Gasteiger partial charge on any atom is -0.504 e. The van der Waals surface area contributed by atoms with E-state index in [1.165, 1.54) is 5.56 Å². The van der Waals surface area contributed by atoms with Crippen molar-refractivity contribution in [2.45, 2.75) is 33.1 Å². The minimum absolute atomic E-state index is 0.0204. The molecule has 100 valence electrons. The standard InChI is InChI=1S/C17H20O2/c1-12-14(17(2,3)4)10-11-15(18)16(12)19-13-8-6-5-7-9-13/h5-11,18H,1-4H3. The van der Waals surface area contributed by atoms with E-state index in [2.05, 4.69) is 20.8 Å². The van der Waals surface area contributed by atoms with Gasteiger partial charge in [-0.2, -0.15) is 0 Å². The third-order valence-corrected chi connectivity index (χ3v) is 3.16. The van der Waals surface area contributed by atoms with E-state index in [-0.39, 0.29) is 11.2 Å². The maximum Gasteiger partial charge on any atom is 0.172 e. The smallest absolute Gasteiger partial charge is 0.172 e. The predicted molar refractivity (Wildman–Crippen MR) is 78.1 cm³/mol. The fourth-order valence-electron chi connectivity index (χ4n) is 2.23. The molecule has 0 aliphatic carbocycles. The molecule has 2 heteroatoms. The predicted octanol–water partition coefficient (Wildman–Crippen LogP) is 4.79. The summed E-state index contributed by atoms with van der Waals surface area (Å²) < 4.78 is 5.83. The van der Waals surface area contributed by atoms with Crippen molar-refractivity contribution in [1.82, 2.24) is 0 Å². The van der Waals surface area contributed by atoms with Crippen LogP contribution in [0.15, 0.2) is 42.5 Å². The minimum atomic E-state index is 0.0204. The molecule has 0 fully saturated rings. The SMILES string of the molecule is Cc1c(C(C)(C)C)ccc(O)c1Oc1ccccc1. The fraction of sp³-hybridized carbons (Fsp3) is 0.294. The van der Waals surface area contributed by atoms with Gasteiger partial charge in [0.15, 0.2) is 11.5 Å². The first-order valence-electron chi connectivity index (χ1n) is 6.45. The van der Waals surface area contributed by atoms with Crippen LogP contribution in [0.3, 0.4) is 0 Å². The van der Waals surface area contributed by atoms with Gasteiger partial charge in [-0.1, -0.05) is 45.0 Å². The van der Waals surface area contributed by atoms with Gasteiger partial charge in [0.1, 0.15) is 5.75 Å². The van der Waals surface area contributed by atoms with Gasteiger partial charge in [0.25, 0.3) is 0 Å². The molecule has 0 spiro atoms. The Morgan fingerprint density at radius 3 is 2.16 bits per heavy atom. The van der Waals surface area contributed by atoms with Gasteiger partial charge in [0.05, 0.1) is 0 Å². The van der Waals surface area contributed by atoms with E-state index in [9.17, 15) is 5.11 Å². The highest BCUT2D eigenvalue weighted by Gasteiger charge is 2.20. The van der Waals surface area contributed by atoms with Gasteiger partial charge in [-0.05, 0) is 41.7 Å². The Hall–Kier alpha value is -1.96. The van der Waals surface area contributed by atoms with Gasteiger partial charge in [-0.3, -0.25) is 0 Å². The van der Waals surface area contributed by atoms with Crippen molar-refractivity contribution in [2.24, 2.45) is 0 Å². The van der Waals surface area contributed by atoms with E-state index in [1.807, 2.05) is 43.3 Å². The lowest BCUT2D eigenvalue weighted by molar-refractivity contribution is 0.406. The van der Waals surface area contributed by atoms with Gasteiger partial charge in [-0.15, -0.1) is 0 Å². The topological polar surface area (TPSA) is 29.5 Å². The van der Waals surface area contributed by atoms with Crippen LogP contribution in [0.2, 0.25) is 0 Å². The van der Waals surface area contributed by atoms with Crippen LogP contribution in [0, 0.1) is 6.92 Å². The Morgan fingerprint density at radius 2 is 1.58 bits per heavy atom. The Labute approximate surface area is 114 Å². The number of phenols is 1. The fourth-order valence-corrected chi connectivity index (χ4v) is 2.23. The van der Waals surface area contributed by atoms with E-state index < -0.39 is 0 Å². The molecule has 1 N–H and O–H groups in total. The van der Waals surface area contributed by atoms with Crippen LogP contribution in [0.5, 0.6) is 17.2 Å². The highest BCUT2D eigenvalue weighted by molar-refractivity contribution is 5.52. The zero-order valence-electron chi connectivity index (χ0n) is 11.9. The van der Waals surface area contributed by atoms with E-state index in [0.29, 0.717) is 5.75 Å². The molecule has 2 aromatic carbocycles. The number of aromatic hydroxyl groups is 1. The van der Waals surface area contributed by atoms with Crippen LogP contribution < -0.4 is 4.74 Å². The second-order valence-electron chi connectivity index (χ2n) is 5.75. The van der Waals surface area contributed by atoms with E-state index in [1.54, 1.807) is 6.07 Å². The largest absolute Gasteiger partial charge is 0.504 e. The van der Waals surface area contributed by atoms with E-state index in [4.69, 9.17) is 4.74 Å². The highest BCUT2D eigenvalue weighted by atomic mass is 16.5. The average molecular weight is 256 g/mol. The zero-order valence-corrected chi connectivity index (χ0v) is 11.9. The summed E-state index contributed by atoms with van der Waals surface area (Å²) >= 11 is 0. The zero-order chi connectivity index (χ0) is 14.0. The molecule has 2 nitrogen and oxygen atoms in total. The third kappa shape index (κ3) is 2.90. The van der Waals surface area contributed by atoms with Gasteiger partial charge in [0.2, 0.25) is 0 Å². The van der Waals surface area contributed by atoms with Crippen molar-refractivity contribution in [3.8, 4) is 17.2 Å². The molecule has 0 amide bonds. The van der Waals surface area contributed by atoms with Crippen molar-refractivity contribution in [1.29, 1.82) is 0 Å². The summed E-state index contributed by atoms with van der Waals surface area (Å²) in [6.07, 6.45) is 0. The quantitative estimate of drug-likeness (QED) is 0.837.